The summed E-state index contributed by atoms with van der Waals surface area (Å²) in [4.78, 5) is 13.5. The number of hydrogen-bond acceptors (Lipinski definition) is 1. The Morgan fingerprint density at radius 2 is 1.67 bits per heavy atom. The van der Waals surface area contributed by atoms with Crippen LogP contribution in [0, 0.1) is 10.8 Å². The molecule has 1 aliphatic carbocycles. The lowest BCUT2D eigenvalue weighted by Gasteiger charge is -2.31. The minimum Gasteiger partial charge on any atom is -0.348 e. The average Bonchev–Trinajstić information content (AvgIpc) is 2.62. The molecule has 2 nitrogen and oxygen atoms in total. The van der Waals surface area contributed by atoms with Crippen molar-refractivity contribution >= 4 is 5.91 Å². The Balaban J connectivity index is 2.81. The Hall–Kier alpha value is -0.530. The highest BCUT2D eigenvalue weighted by molar-refractivity contribution is 5.85. The summed E-state index contributed by atoms with van der Waals surface area (Å²) in [5, 5.41) is 0. The molecule has 0 heterocycles. The largest absolute Gasteiger partial charge is 0.348 e. The SMILES string of the molecule is CN(C)C(=O)C1(C(C)(C)C)CC1. The normalized spacial score (nSPS) is 20.4. The lowest BCUT2D eigenvalue weighted by molar-refractivity contribution is -0.138. The van der Waals surface area contributed by atoms with Crippen LogP contribution in [0.3, 0.4) is 0 Å². The zero-order valence-corrected chi connectivity index (χ0v) is 8.77. The quantitative estimate of drug-likeness (QED) is 0.587. The van der Waals surface area contributed by atoms with Gasteiger partial charge in [-0.2, -0.15) is 0 Å². The van der Waals surface area contributed by atoms with Crippen LogP contribution >= 0.6 is 0 Å². The first-order valence-corrected chi connectivity index (χ1v) is 4.53. The second-order valence-corrected chi connectivity index (χ2v) is 5.03. The molecule has 0 saturated heterocycles. The molecule has 0 aromatic carbocycles. The minimum absolute atomic E-state index is 0.0451. The molecule has 0 unspecified atom stereocenters. The van der Waals surface area contributed by atoms with Crippen LogP contribution < -0.4 is 0 Å². The summed E-state index contributed by atoms with van der Waals surface area (Å²) in [7, 11) is 3.68. The van der Waals surface area contributed by atoms with Gasteiger partial charge in [0.2, 0.25) is 5.91 Å². The van der Waals surface area contributed by atoms with Crippen LogP contribution in [0.1, 0.15) is 33.6 Å². The zero-order chi connectivity index (χ0) is 9.57. The van der Waals surface area contributed by atoms with E-state index in [9.17, 15) is 4.79 Å². The zero-order valence-electron chi connectivity index (χ0n) is 8.77. The molecule has 0 radical (unpaired) electrons. The summed E-state index contributed by atoms with van der Waals surface area (Å²) < 4.78 is 0. The lowest BCUT2D eigenvalue weighted by Crippen LogP contribution is -2.38. The van der Waals surface area contributed by atoms with Gasteiger partial charge in [-0.3, -0.25) is 4.79 Å². The van der Waals surface area contributed by atoms with Crippen molar-refractivity contribution in [3.05, 3.63) is 0 Å². The molecule has 12 heavy (non-hydrogen) atoms. The summed E-state index contributed by atoms with van der Waals surface area (Å²) in [6.07, 6.45) is 2.13. The van der Waals surface area contributed by atoms with Crippen molar-refractivity contribution in [2.24, 2.45) is 10.8 Å². The summed E-state index contributed by atoms with van der Waals surface area (Å²) in [6.45, 7) is 6.46. The Labute approximate surface area is 74.9 Å². The highest BCUT2D eigenvalue weighted by atomic mass is 16.2. The first-order chi connectivity index (χ1) is 5.31. The van der Waals surface area contributed by atoms with Gasteiger partial charge >= 0.3 is 0 Å². The molecule has 0 aromatic heterocycles. The van der Waals surface area contributed by atoms with Gasteiger partial charge in [-0.15, -0.1) is 0 Å². The summed E-state index contributed by atoms with van der Waals surface area (Å²) in [5.41, 5.74) is 0.0743. The van der Waals surface area contributed by atoms with Gasteiger partial charge in [-0.05, 0) is 18.3 Å². The van der Waals surface area contributed by atoms with E-state index in [1.54, 1.807) is 4.90 Å². The average molecular weight is 169 g/mol. The van der Waals surface area contributed by atoms with E-state index >= 15 is 0 Å². The van der Waals surface area contributed by atoms with Crippen LogP contribution in [0.2, 0.25) is 0 Å². The maximum Gasteiger partial charge on any atom is 0.228 e. The van der Waals surface area contributed by atoms with E-state index in [1.165, 1.54) is 0 Å². The molecular formula is C10H19NO. The van der Waals surface area contributed by atoms with Gasteiger partial charge in [0.1, 0.15) is 0 Å². The topological polar surface area (TPSA) is 20.3 Å². The van der Waals surface area contributed by atoms with Crippen molar-refractivity contribution in [3.8, 4) is 0 Å². The Kier molecular flexibility index (Phi) is 1.97. The molecule has 1 saturated carbocycles. The second-order valence-electron chi connectivity index (χ2n) is 5.03. The van der Waals surface area contributed by atoms with E-state index in [0.717, 1.165) is 12.8 Å². The molecule has 1 amide bonds. The number of rotatable bonds is 1. The third-order valence-electron chi connectivity index (χ3n) is 3.00. The van der Waals surface area contributed by atoms with E-state index in [0.29, 0.717) is 5.91 Å². The molecule has 1 rings (SSSR count). The molecule has 1 fully saturated rings. The van der Waals surface area contributed by atoms with Crippen LogP contribution in [0.4, 0.5) is 0 Å². The molecule has 0 bridgehead atoms. The van der Waals surface area contributed by atoms with Crippen LogP contribution in [0.5, 0.6) is 0 Å². The predicted molar refractivity (Wildman–Crippen MR) is 49.8 cm³/mol. The molecule has 2 heteroatoms. The van der Waals surface area contributed by atoms with Crippen molar-refractivity contribution in [1.82, 2.24) is 4.90 Å². The van der Waals surface area contributed by atoms with Crippen LogP contribution in [-0.2, 0) is 4.79 Å². The molecule has 0 atom stereocenters. The number of amides is 1. The standard InChI is InChI=1S/C10H19NO/c1-9(2,3)10(6-7-10)8(12)11(4)5/h6-7H2,1-5H3. The fourth-order valence-corrected chi connectivity index (χ4v) is 1.84. The van der Waals surface area contributed by atoms with Gasteiger partial charge in [0.15, 0.2) is 0 Å². The fourth-order valence-electron chi connectivity index (χ4n) is 1.84. The van der Waals surface area contributed by atoms with E-state index in [-0.39, 0.29) is 10.8 Å². The fraction of sp³-hybridized carbons (Fsp3) is 0.900. The number of hydrogen-bond donors (Lipinski definition) is 0. The van der Waals surface area contributed by atoms with E-state index in [1.807, 2.05) is 14.1 Å². The Morgan fingerprint density at radius 3 is 1.75 bits per heavy atom. The van der Waals surface area contributed by atoms with Crippen LogP contribution in [-0.4, -0.2) is 24.9 Å². The Bertz CT molecular complexity index is 196. The van der Waals surface area contributed by atoms with Crippen molar-refractivity contribution < 1.29 is 4.79 Å². The highest BCUT2D eigenvalue weighted by Gasteiger charge is 2.58. The van der Waals surface area contributed by atoms with E-state index in [2.05, 4.69) is 20.8 Å². The number of carbonyl (C=O) groups excluding carboxylic acids is 1. The molecular weight excluding hydrogens is 150 g/mol. The lowest BCUT2D eigenvalue weighted by atomic mass is 9.77. The maximum atomic E-state index is 11.8. The van der Waals surface area contributed by atoms with Gasteiger partial charge in [-0.25, -0.2) is 0 Å². The summed E-state index contributed by atoms with van der Waals surface area (Å²) in [6, 6.07) is 0. The molecule has 0 N–H and O–H groups in total. The third kappa shape index (κ3) is 1.23. The summed E-state index contributed by atoms with van der Waals surface area (Å²) >= 11 is 0. The molecule has 1 aliphatic rings. The van der Waals surface area contributed by atoms with Crippen LogP contribution in [0.15, 0.2) is 0 Å². The Morgan fingerprint density at radius 1 is 1.25 bits per heavy atom. The van der Waals surface area contributed by atoms with Gasteiger partial charge in [0, 0.05) is 14.1 Å². The third-order valence-corrected chi connectivity index (χ3v) is 3.00. The summed E-state index contributed by atoms with van der Waals surface area (Å²) in [5.74, 6) is 0.301. The minimum atomic E-state index is -0.0451. The first-order valence-electron chi connectivity index (χ1n) is 4.53. The van der Waals surface area contributed by atoms with Gasteiger partial charge in [0.25, 0.3) is 0 Å². The predicted octanol–water partition coefficient (Wildman–Crippen LogP) is 1.90. The molecule has 0 aliphatic heterocycles. The monoisotopic (exact) mass is 169 g/mol. The smallest absolute Gasteiger partial charge is 0.228 e. The van der Waals surface area contributed by atoms with Gasteiger partial charge in [-0.1, -0.05) is 20.8 Å². The van der Waals surface area contributed by atoms with Crippen molar-refractivity contribution in [2.45, 2.75) is 33.6 Å². The molecule has 0 aromatic rings. The maximum absolute atomic E-state index is 11.8. The van der Waals surface area contributed by atoms with Gasteiger partial charge in [0.05, 0.1) is 5.41 Å². The number of nitrogens with zero attached hydrogens (tertiary/aromatic N) is 1. The van der Waals surface area contributed by atoms with E-state index in [4.69, 9.17) is 0 Å². The second kappa shape index (κ2) is 2.48. The van der Waals surface area contributed by atoms with Gasteiger partial charge < -0.3 is 4.90 Å². The van der Waals surface area contributed by atoms with Crippen molar-refractivity contribution in [2.75, 3.05) is 14.1 Å². The van der Waals surface area contributed by atoms with E-state index < -0.39 is 0 Å². The number of carbonyl (C=O) groups is 1. The van der Waals surface area contributed by atoms with Crippen molar-refractivity contribution in [1.29, 1.82) is 0 Å². The molecule has 0 spiro atoms. The molecule has 70 valence electrons. The van der Waals surface area contributed by atoms with Crippen LogP contribution in [0.25, 0.3) is 0 Å². The highest BCUT2D eigenvalue weighted by Crippen LogP contribution is 2.59. The van der Waals surface area contributed by atoms with Crippen molar-refractivity contribution in [3.63, 3.8) is 0 Å². The first kappa shape index (κ1) is 9.56.